The zero-order valence-corrected chi connectivity index (χ0v) is 22.4. The summed E-state index contributed by atoms with van der Waals surface area (Å²) in [4.78, 5) is 21.2. The maximum Gasteiger partial charge on any atom is 0.348 e. The van der Waals surface area contributed by atoms with Gasteiger partial charge in [-0.15, -0.1) is 0 Å². The number of hydrogen-bond acceptors (Lipinski definition) is 5. The molecule has 1 N–H and O–H groups in total. The van der Waals surface area contributed by atoms with Crippen LogP contribution in [0, 0.1) is 18.7 Å². The fourth-order valence-corrected chi connectivity index (χ4v) is 5.44. The molecule has 2 aliphatic rings. The first-order valence-electron chi connectivity index (χ1n) is 13.4. The molecule has 1 saturated heterocycles. The van der Waals surface area contributed by atoms with Gasteiger partial charge in [0, 0.05) is 56.8 Å². The molecule has 0 bridgehead atoms. The van der Waals surface area contributed by atoms with Crippen LogP contribution in [0.4, 0.5) is 10.2 Å². The van der Waals surface area contributed by atoms with Crippen molar-refractivity contribution in [1.82, 2.24) is 9.88 Å². The molecule has 1 aliphatic carbocycles. The average molecular weight is 518 g/mol. The number of piperazine rings is 1. The highest BCUT2D eigenvalue weighted by Crippen LogP contribution is 2.41. The van der Waals surface area contributed by atoms with E-state index in [2.05, 4.69) is 29.7 Å². The summed E-state index contributed by atoms with van der Waals surface area (Å²) in [6, 6.07) is 17.1. The smallest absolute Gasteiger partial charge is 0.348 e. The van der Waals surface area contributed by atoms with Crippen LogP contribution in [0.3, 0.4) is 0 Å². The Hall–Kier alpha value is -3.45. The van der Waals surface area contributed by atoms with Gasteiger partial charge in [0.2, 0.25) is 5.60 Å². The normalized spacial score (nSPS) is 19.0. The van der Waals surface area contributed by atoms with E-state index < -0.39 is 11.6 Å². The van der Waals surface area contributed by atoms with Gasteiger partial charge < -0.3 is 14.7 Å². The first kappa shape index (κ1) is 26.2. The number of aryl methyl sites for hydroxylation is 1. The van der Waals surface area contributed by atoms with Gasteiger partial charge >= 0.3 is 5.97 Å². The summed E-state index contributed by atoms with van der Waals surface area (Å²) in [7, 11) is 0. The number of aromatic nitrogens is 1. The number of hydrogen-bond donors (Lipinski definition) is 1. The summed E-state index contributed by atoms with van der Waals surface area (Å²) in [5, 5.41) is 9.51. The SMILES string of the molecule is Cc1cc(CN2CCN(c3ccc(-c4cccc(F)c4)cn3)[C@H](CC(C)C)C2)cc(OC2(C(=O)O)CC2)c1. The highest BCUT2D eigenvalue weighted by Gasteiger charge is 2.53. The molecular weight excluding hydrogens is 481 g/mol. The Morgan fingerprint density at radius 2 is 1.95 bits per heavy atom. The van der Waals surface area contributed by atoms with Crippen LogP contribution < -0.4 is 9.64 Å². The lowest BCUT2D eigenvalue weighted by atomic mass is 9.99. The number of nitrogens with zero attached hydrogens (tertiary/aromatic N) is 3. The summed E-state index contributed by atoms with van der Waals surface area (Å²) in [5.41, 5.74) is 2.89. The van der Waals surface area contributed by atoms with E-state index in [0.29, 0.717) is 30.6 Å². The Bertz CT molecular complexity index is 1290. The molecule has 1 saturated carbocycles. The molecule has 2 heterocycles. The Morgan fingerprint density at radius 1 is 1.13 bits per heavy atom. The third-order valence-corrected chi connectivity index (χ3v) is 7.43. The zero-order valence-electron chi connectivity index (χ0n) is 22.4. The number of rotatable bonds is 9. The van der Waals surface area contributed by atoms with E-state index in [1.165, 1.54) is 12.1 Å². The van der Waals surface area contributed by atoms with Crippen LogP contribution in [-0.2, 0) is 11.3 Å². The van der Waals surface area contributed by atoms with Gasteiger partial charge in [0.25, 0.3) is 0 Å². The lowest BCUT2D eigenvalue weighted by Crippen LogP contribution is -2.53. The molecule has 0 amide bonds. The number of ether oxygens (including phenoxy) is 1. The van der Waals surface area contributed by atoms with Crippen molar-refractivity contribution >= 4 is 11.8 Å². The first-order chi connectivity index (χ1) is 18.2. The Morgan fingerprint density at radius 3 is 2.61 bits per heavy atom. The number of carboxylic acid groups (broad SMARTS) is 1. The molecule has 3 aromatic rings. The molecule has 200 valence electrons. The van der Waals surface area contributed by atoms with Crippen molar-refractivity contribution in [2.24, 2.45) is 5.92 Å². The molecule has 6 nitrogen and oxygen atoms in total. The predicted molar refractivity (Wildman–Crippen MR) is 147 cm³/mol. The number of pyridine rings is 1. The van der Waals surface area contributed by atoms with Crippen molar-refractivity contribution in [2.45, 2.75) is 58.2 Å². The fourth-order valence-electron chi connectivity index (χ4n) is 5.44. The highest BCUT2D eigenvalue weighted by atomic mass is 19.1. The van der Waals surface area contributed by atoms with E-state index in [1.807, 2.05) is 43.5 Å². The van der Waals surface area contributed by atoms with Crippen molar-refractivity contribution in [3.05, 3.63) is 77.7 Å². The maximum absolute atomic E-state index is 13.7. The van der Waals surface area contributed by atoms with Crippen molar-refractivity contribution < 1.29 is 19.0 Å². The molecule has 1 atom stereocenters. The van der Waals surface area contributed by atoms with E-state index >= 15 is 0 Å². The number of carboxylic acids is 1. The lowest BCUT2D eigenvalue weighted by Gasteiger charge is -2.43. The average Bonchev–Trinajstić information content (AvgIpc) is 3.64. The van der Waals surface area contributed by atoms with Crippen molar-refractivity contribution in [3.63, 3.8) is 0 Å². The van der Waals surface area contributed by atoms with E-state index in [9.17, 15) is 14.3 Å². The number of benzene rings is 2. The standard InChI is InChI=1S/C31H36FN3O3/c1-21(2)13-27-20-34(19-23-14-22(3)15-28(16-23)38-31(9-10-31)30(36)37)11-12-35(27)29-8-7-25(18-33-29)24-5-4-6-26(32)17-24/h4-8,14-18,21,27H,9-13,19-20H2,1-3H3,(H,36,37)/t27-/m1/s1. The zero-order chi connectivity index (χ0) is 26.9. The number of carbonyl (C=O) groups is 1. The summed E-state index contributed by atoms with van der Waals surface area (Å²) in [6.07, 6.45) is 4.00. The number of aliphatic carboxylic acids is 1. The van der Waals surface area contributed by atoms with E-state index in [-0.39, 0.29) is 5.82 Å². The van der Waals surface area contributed by atoms with Crippen LogP contribution in [0.1, 0.15) is 44.2 Å². The minimum absolute atomic E-state index is 0.249. The van der Waals surface area contributed by atoms with Gasteiger partial charge in [0.1, 0.15) is 17.4 Å². The Balaban J connectivity index is 1.29. The number of halogens is 1. The summed E-state index contributed by atoms with van der Waals surface area (Å²) >= 11 is 0. The van der Waals surface area contributed by atoms with Crippen LogP contribution in [0.25, 0.3) is 11.1 Å². The Kier molecular flexibility index (Phi) is 7.39. The second kappa shape index (κ2) is 10.7. The van der Waals surface area contributed by atoms with Crippen LogP contribution in [0.2, 0.25) is 0 Å². The molecule has 7 heteroatoms. The van der Waals surface area contributed by atoms with Crippen LogP contribution in [0.15, 0.2) is 60.8 Å². The molecule has 2 fully saturated rings. The van der Waals surface area contributed by atoms with Crippen molar-refractivity contribution in [1.29, 1.82) is 0 Å². The molecule has 38 heavy (non-hydrogen) atoms. The minimum atomic E-state index is -1.05. The van der Waals surface area contributed by atoms with Gasteiger partial charge in [0.15, 0.2) is 0 Å². The van der Waals surface area contributed by atoms with E-state index in [4.69, 9.17) is 9.72 Å². The molecule has 0 spiro atoms. The van der Waals surface area contributed by atoms with Gasteiger partial charge in [-0.1, -0.05) is 32.0 Å². The Labute approximate surface area is 224 Å². The summed E-state index contributed by atoms with van der Waals surface area (Å²) < 4.78 is 19.6. The lowest BCUT2D eigenvalue weighted by molar-refractivity contribution is -0.147. The molecule has 1 aliphatic heterocycles. The maximum atomic E-state index is 13.7. The number of anilines is 1. The van der Waals surface area contributed by atoms with E-state index in [1.54, 1.807) is 6.07 Å². The third kappa shape index (κ3) is 5.99. The third-order valence-electron chi connectivity index (χ3n) is 7.43. The predicted octanol–water partition coefficient (Wildman–Crippen LogP) is 5.93. The summed E-state index contributed by atoms with van der Waals surface area (Å²) in [6.45, 7) is 9.97. The molecular formula is C31H36FN3O3. The molecule has 0 unspecified atom stereocenters. The van der Waals surface area contributed by atoms with Gasteiger partial charge in [-0.25, -0.2) is 14.2 Å². The second-order valence-corrected chi connectivity index (χ2v) is 11.2. The fraction of sp³-hybridized carbons (Fsp3) is 0.419. The van der Waals surface area contributed by atoms with E-state index in [0.717, 1.165) is 60.7 Å². The van der Waals surface area contributed by atoms with Gasteiger partial charge in [0.05, 0.1) is 0 Å². The molecule has 0 radical (unpaired) electrons. The molecule has 1 aromatic heterocycles. The van der Waals surface area contributed by atoms with Gasteiger partial charge in [-0.05, 0) is 72.4 Å². The van der Waals surface area contributed by atoms with Crippen LogP contribution >= 0.6 is 0 Å². The summed E-state index contributed by atoms with van der Waals surface area (Å²) in [5.74, 6) is 0.996. The first-order valence-corrected chi connectivity index (χ1v) is 13.4. The largest absolute Gasteiger partial charge is 0.478 e. The highest BCUT2D eigenvalue weighted by molar-refractivity contribution is 5.81. The van der Waals surface area contributed by atoms with Crippen LogP contribution in [-0.4, -0.2) is 52.2 Å². The van der Waals surface area contributed by atoms with Crippen LogP contribution in [0.5, 0.6) is 5.75 Å². The topological polar surface area (TPSA) is 65.9 Å². The second-order valence-electron chi connectivity index (χ2n) is 11.2. The molecule has 2 aromatic carbocycles. The quantitative estimate of drug-likeness (QED) is 0.380. The van der Waals surface area contributed by atoms with Gasteiger partial charge in [-0.2, -0.15) is 0 Å². The molecule has 5 rings (SSSR count). The van der Waals surface area contributed by atoms with Crippen molar-refractivity contribution in [3.8, 4) is 16.9 Å². The monoisotopic (exact) mass is 517 g/mol. The minimum Gasteiger partial charge on any atom is -0.478 e. The van der Waals surface area contributed by atoms with Gasteiger partial charge in [-0.3, -0.25) is 4.90 Å². The van der Waals surface area contributed by atoms with Crippen molar-refractivity contribution in [2.75, 3.05) is 24.5 Å².